The van der Waals surface area contributed by atoms with Crippen LogP contribution in [0.1, 0.15) is 108 Å². The molecule has 2 saturated heterocycles. The summed E-state index contributed by atoms with van der Waals surface area (Å²) in [5.74, 6) is -2.29. The topological polar surface area (TPSA) is 180 Å². The first-order chi connectivity index (χ1) is 23.7. The highest BCUT2D eigenvalue weighted by Gasteiger charge is 2.50. The number of aliphatic hydroxyl groups excluding tert-OH is 2. The molecule has 2 aliphatic rings. The predicted molar refractivity (Wildman–Crippen MR) is 184 cm³/mol. The maximum Gasteiger partial charge on any atom is 0.309 e. The molecule has 0 amide bonds. The van der Waals surface area contributed by atoms with Gasteiger partial charge in [0.2, 0.25) is 0 Å². The van der Waals surface area contributed by atoms with E-state index in [2.05, 4.69) is 0 Å². The fraction of sp³-hybridized carbons (Fsp3) is 0.615. The van der Waals surface area contributed by atoms with Gasteiger partial charge < -0.3 is 39.7 Å². The zero-order valence-corrected chi connectivity index (χ0v) is 29.3. The average molecular weight is 699 g/mol. The van der Waals surface area contributed by atoms with E-state index in [0.29, 0.717) is 25.7 Å². The Morgan fingerprint density at radius 3 is 1.68 bits per heavy atom. The van der Waals surface area contributed by atoms with Crippen LogP contribution < -0.4 is 0 Å². The monoisotopic (exact) mass is 698 g/mol. The Bertz CT molecular complexity index is 1400. The molecule has 0 aromatic heterocycles. The predicted octanol–water partition coefficient (Wildman–Crippen LogP) is 4.70. The van der Waals surface area contributed by atoms with Gasteiger partial charge in [0, 0.05) is 23.7 Å². The molecule has 0 spiro atoms. The van der Waals surface area contributed by atoms with Crippen molar-refractivity contribution in [2.75, 3.05) is 13.4 Å². The highest BCUT2D eigenvalue weighted by molar-refractivity contribution is 5.75. The molecule has 11 nitrogen and oxygen atoms in total. The highest BCUT2D eigenvalue weighted by atomic mass is 16.6. The maximum absolute atomic E-state index is 12.6. The SMILES string of the molecule is CC(CCCCC(O)CCCCC(C)(c1ccccc1)C1CC(O)(CC(=O)O)CC(=O)O1)(c1ccccc1)C1CC(O)(COCO)CC(=O)O1. The first-order valence-electron chi connectivity index (χ1n) is 17.7. The second-order valence-corrected chi connectivity index (χ2v) is 14.9. The fourth-order valence-electron chi connectivity index (χ4n) is 7.84. The van der Waals surface area contributed by atoms with E-state index in [1.165, 1.54) is 0 Å². The number of unbranched alkanes of at least 4 members (excludes halogenated alkanes) is 2. The number of carboxylic acids is 1. The normalized spacial score (nSPS) is 27.0. The molecule has 0 radical (unpaired) electrons. The summed E-state index contributed by atoms with van der Waals surface area (Å²) in [6.07, 6.45) is 2.62. The van der Waals surface area contributed by atoms with E-state index in [0.717, 1.165) is 36.8 Å². The van der Waals surface area contributed by atoms with Crippen molar-refractivity contribution in [1.29, 1.82) is 0 Å². The Hall–Kier alpha value is -3.35. The second kappa shape index (κ2) is 17.2. The number of aliphatic hydroxyl groups is 4. The molecule has 0 aliphatic carbocycles. The van der Waals surface area contributed by atoms with Gasteiger partial charge in [0.15, 0.2) is 0 Å². The molecule has 0 bridgehead atoms. The lowest BCUT2D eigenvalue weighted by Gasteiger charge is -2.44. The molecular formula is C39H54O11. The van der Waals surface area contributed by atoms with Crippen molar-refractivity contribution in [3.05, 3.63) is 71.8 Å². The number of rotatable bonds is 19. The van der Waals surface area contributed by atoms with Crippen LogP contribution in [0, 0.1) is 0 Å². The van der Waals surface area contributed by atoms with Crippen molar-refractivity contribution in [2.24, 2.45) is 0 Å². The average Bonchev–Trinajstić information content (AvgIpc) is 3.07. The quantitative estimate of drug-likeness (QED) is 0.0780. The summed E-state index contributed by atoms with van der Waals surface area (Å²) in [7, 11) is 0. The van der Waals surface area contributed by atoms with Gasteiger partial charge in [-0.1, -0.05) is 100 Å². The molecule has 2 fully saturated rings. The van der Waals surface area contributed by atoms with Gasteiger partial charge in [-0.05, 0) is 36.8 Å². The Morgan fingerprint density at radius 2 is 1.24 bits per heavy atom. The molecule has 50 heavy (non-hydrogen) atoms. The van der Waals surface area contributed by atoms with Gasteiger partial charge >= 0.3 is 17.9 Å². The summed E-state index contributed by atoms with van der Waals surface area (Å²) in [5.41, 5.74) is -2.47. The Kier molecular flexibility index (Phi) is 13.6. The van der Waals surface area contributed by atoms with Crippen molar-refractivity contribution >= 4 is 17.9 Å². The van der Waals surface area contributed by atoms with Crippen molar-refractivity contribution in [3.63, 3.8) is 0 Å². The summed E-state index contributed by atoms with van der Waals surface area (Å²) < 4.78 is 16.7. The van der Waals surface area contributed by atoms with Gasteiger partial charge in [0.1, 0.15) is 24.6 Å². The number of aliphatic carboxylic acids is 1. The first-order valence-corrected chi connectivity index (χ1v) is 17.7. The molecular weight excluding hydrogens is 644 g/mol. The third kappa shape index (κ3) is 10.4. The van der Waals surface area contributed by atoms with E-state index in [1.54, 1.807) is 0 Å². The van der Waals surface area contributed by atoms with Crippen LogP contribution in [0.3, 0.4) is 0 Å². The standard InChI is InChI=1S/C39H54O11/c1-36(28-13-5-3-6-14-28,31-21-38(46,23-33(42)43)24-34(44)49-31)19-11-9-17-30(41)18-10-12-20-37(2,29-15-7-4-8-16-29)32-22-39(47,26-48-27-40)25-35(45)50-32/h3-8,13-16,30-32,40-41,46-47H,9-12,17-27H2,1-2H3,(H,42,43). The number of esters is 2. The zero-order chi connectivity index (χ0) is 36.4. The summed E-state index contributed by atoms with van der Waals surface area (Å²) in [6.45, 7) is 3.29. The van der Waals surface area contributed by atoms with Crippen molar-refractivity contribution in [3.8, 4) is 0 Å². The smallest absolute Gasteiger partial charge is 0.309 e. The molecule has 0 saturated carbocycles. The Labute approximate surface area is 294 Å². The maximum atomic E-state index is 12.6. The van der Waals surface area contributed by atoms with E-state index < -0.39 is 71.5 Å². The first kappa shape index (κ1) is 39.4. The van der Waals surface area contributed by atoms with Crippen LogP contribution in [0.15, 0.2) is 60.7 Å². The largest absolute Gasteiger partial charge is 0.481 e. The molecule has 5 N–H and O–H groups in total. The van der Waals surface area contributed by atoms with E-state index in [-0.39, 0.29) is 32.3 Å². The number of hydrogen-bond acceptors (Lipinski definition) is 10. The number of benzene rings is 2. The van der Waals surface area contributed by atoms with Crippen LogP contribution in [-0.2, 0) is 39.4 Å². The molecule has 7 unspecified atom stereocenters. The zero-order valence-electron chi connectivity index (χ0n) is 29.3. The lowest BCUT2D eigenvalue weighted by atomic mass is 9.68. The summed E-state index contributed by atoms with van der Waals surface area (Å²) in [4.78, 5) is 36.6. The van der Waals surface area contributed by atoms with Crippen LogP contribution in [0.5, 0.6) is 0 Å². The molecule has 2 heterocycles. The molecule has 4 rings (SSSR count). The van der Waals surface area contributed by atoms with Gasteiger partial charge in [-0.25, -0.2) is 0 Å². The Morgan fingerprint density at radius 1 is 0.800 bits per heavy atom. The molecule has 11 heteroatoms. The summed E-state index contributed by atoms with van der Waals surface area (Å²) >= 11 is 0. The number of carboxylic acid groups (broad SMARTS) is 1. The summed E-state index contributed by atoms with van der Waals surface area (Å²) in [6, 6.07) is 19.4. The van der Waals surface area contributed by atoms with E-state index >= 15 is 0 Å². The van der Waals surface area contributed by atoms with Crippen LogP contribution >= 0.6 is 0 Å². The van der Waals surface area contributed by atoms with Gasteiger partial charge in [-0.3, -0.25) is 14.4 Å². The van der Waals surface area contributed by atoms with Crippen LogP contribution in [-0.4, -0.2) is 86.4 Å². The minimum atomic E-state index is -1.68. The molecule has 2 aromatic carbocycles. The number of carbonyl (C=O) groups is 3. The third-order valence-corrected chi connectivity index (χ3v) is 10.8. The molecule has 7 atom stereocenters. The number of carbonyl (C=O) groups excluding carboxylic acids is 2. The van der Waals surface area contributed by atoms with Crippen molar-refractivity contribution in [1.82, 2.24) is 0 Å². The van der Waals surface area contributed by atoms with Gasteiger partial charge in [0.05, 0.1) is 37.6 Å². The van der Waals surface area contributed by atoms with E-state index in [1.807, 2.05) is 74.5 Å². The fourth-order valence-corrected chi connectivity index (χ4v) is 7.84. The van der Waals surface area contributed by atoms with Crippen LogP contribution in [0.25, 0.3) is 0 Å². The highest BCUT2D eigenvalue weighted by Crippen LogP contribution is 2.44. The second-order valence-electron chi connectivity index (χ2n) is 14.9. The summed E-state index contributed by atoms with van der Waals surface area (Å²) in [5, 5.41) is 51.6. The van der Waals surface area contributed by atoms with Crippen molar-refractivity contribution in [2.45, 2.75) is 138 Å². The van der Waals surface area contributed by atoms with E-state index in [4.69, 9.17) is 19.3 Å². The third-order valence-electron chi connectivity index (χ3n) is 10.8. The van der Waals surface area contributed by atoms with Crippen LogP contribution in [0.2, 0.25) is 0 Å². The van der Waals surface area contributed by atoms with Gasteiger partial charge in [-0.15, -0.1) is 0 Å². The molecule has 276 valence electrons. The molecule has 2 aliphatic heterocycles. The lowest BCUT2D eigenvalue weighted by Crippen LogP contribution is -2.53. The van der Waals surface area contributed by atoms with Gasteiger partial charge in [0.25, 0.3) is 0 Å². The molecule has 2 aromatic rings. The minimum absolute atomic E-state index is 0.0245. The lowest BCUT2D eigenvalue weighted by molar-refractivity contribution is -0.188. The Balaban J connectivity index is 1.32. The minimum Gasteiger partial charge on any atom is -0.481 e. The van der Waals surface area contributed by atoms with Crippen LogP contribution in [0.4, 0.5) is 0 Å². The van der Waals surface area contributed by atoms with Crippen molar-refractivity contribution < 1.29 is 54.1 Å². The van der Waals surface area contributed by atoms with E-state index in [9.17, 15) is 34.8 Å². The number of cyclic esters (lactones) is 2. The number of hydrogen-bond donors (Lipinski definition) is 5. The number of ether oxygens (including phenoxy) is 3. The van der Waals surface area contributed by atoms with Gasteiger partial charge in [-0.2, -0.15) is 0 Å².